The van der Waals surface area contributed by atoms with E-state index in [1.165, 1.54) is 17.8 Å². The van der Waals surface area contributed by atoms with E-state index in [2.05, 4.69) is 15.9 Å². The molecule has 0 radical (unpaired) electrons. The number of nitrogens with one attached hydrogen (secondary N) is 1. The highest BCUT2D eigenvalue weighted by atomic mass is 32.1. The highest BCUT2D eigenvalue weighted by Crippen LogP contribution is 2.29. The number of ether oxygens (including phenoxy) is 1. The lowest BCUT2D eigenvalue weighted by Gasteiger charge is -2.20. The summed E-state index contributed by atoms with van der Waals surface area (Å²) in [6.07, 6.45) is 3.05. The molecule has 1 aromatic heterocycles. The average Bonchev–Trinajstić information content (AvgIpc) is 3.31. The Hall–Kier alpha value is -1.92. The number of aromatic nitrogens is 1. The topological polar surface area (TPSA) is 55.7 Å². The Morgan fingerprint density at radius 1 is 1.21 bits per heavy atom. The molecule has 1 N–H and O–H groups in total. The molecule has 24 heavy (non-hydrogen) atoms. The minimum Gasteiger partial charge on any atom is -0.490 e. The van der Waals surface area contributed by atoms with Gasteiger partial charge in [0.2, 0.25) is 0 Å². The highest BCUT2D eigenvalue weighted by Gasteiger charge is 2.26. The van der Waals surface area contributed by atoms with Crippen LogP contribution < -0.4 is 10.1 Å². The van der Waals surface area contributed by atoms with Gasteiger partial charge in [-0.2, -0.15) is 0 Å². The molecule has 3 heterocycles. The van der Waals surface area contributed by atoms with Crippen LogP contribution >= 0.6 is 11.3 Å². The fourth-order valence-corrected chi connectivity index (χ4v) is 4.05. The molecule has 5 nitrogen and oxygen atoms in total. The first kappa shape index (κ1) is 15.6. The Bertz CT molecular complexity index is 695. The zero-order chi connectivity index (χ0) is 16.2. The first-order valence-electron chi connectivity index (χ1n) is 8.45. The summed E-state index contributed by atoms with van der Waals surface area (Å²) in [4.78, 5) is 10.3. The molecule has 2 aromatic rings. The van der Waals surface area contributed by atoms with Crippen LogP contribution in [0.3, 0.4) is 0 Å². The monoisotopic (exact) mass is 343 g/mol. The number of hydrogen-bond acceptors (Lipinski definition) is 6. The largest absolute Gasteiger partial charge is 0.490 e. The molecule has 0 bridgehead atoms. The Labute approximate surface area is 145 Å². The second-order valence-electron chi connectivity index (χ2n) is 6.19. The van der Waals surface area contributed by atoms with E-state index in [4.69, 9.17) is 14.6 Å². The molecular formula is C18H21N3O2S. The highest BCUT2D eigenvalue weighted by molar-refractivity contribution is 7.09. The summed E-state index contributed by atoms with van der Waals surface area (Å²) >= 11 is 1.75. The van der Waals surface area contributed by atoms with Gasteiger partial charge in [0.15, 0.2) is 6.10 Å². The van der Waals surface area contributed by atoms with Crippen molar-refractivity contribution in [2.75, 3.05) is 19.7 Å². The lowest BCUT2D eigenvalue weighted by atomic mass is 9.99. The summed E-state index contributed by atoms with van der Waals surface area (Å²) in [6.45, 7) is 2.67. The van der Waals surface area contributed by atoms with Gasteiger partial charge in [-0.25, -0.2) is 4.98 Å². The molecule has 2 aliphatic rings. The molecule has 0 spiro atoms. The third-order valence-corrected chi connectivity index (χ3v) is 5.43. The molecule has 1 atom stereocenters. The van der Waals surface area contributed by atoms with Gasteiger partial charge in [-0.15, -0.1) is 11.3 Å². The first-order valence-corrected chi connectivity index (χ1v) is 9.33. The van der Waals surface area contributed by atoms with Crippen LogP contribution in [0.15, 0.2) is 40.9 Å². The normalized spacial score (nSPS) is 21.3. The van der Waals surface area contributed by atoms with E-state index in [0.717, 1.165) is 36.7 Å². The maximum absolute atomic E-state index is 5.75. The van der Waals surface area contributed by atoms with Crippen molar-refractivity contribution in [3.63, 3.8) is 0 Å². The van der Waals surface area contributed by atoms with E-state index >= 15 is 0 Å². The lowest BCUT2D eigenvalue weighted by molar-refractivity contribution is 0.0471. The molecule has 6 heteroatoms. The number of benzene rings is 1. The van der Waals surface area contributed by atoms with Gasteiger partial charge in [0.05, 0.1) is 10.7 Å². The van der Waals surface area contributed by atoms with Crippen LogP contribution in [0.4, 0.5) is 0 Å². The van der Waals surface area contributed by atoms with Crippen molar-refractivity contribution < 1.29 is 9.57 Å². The quantitative estimate of drug-likeness (QED) is 0.906. The van der Waals surface area contributed by atoms with Crippen molar-refractivity contribution in [1.82, 2.24) is 10.3 Å². The zero-order valence-electron chi connectivity index (χ0n) is 13.5. The van der Waals surface area contributed by atoms with Crippen LogP contribution in [0.1, 0.15) is 35.9 Å². The van der Waals surface area contributed by atoms with E-state index in [9.17, 15) is 0 Å². The Morgan fingerprint density at radius 2 is 2.04 bits per heavy atom. The molecule has 0 aliphatic carbocycles. The summed E-state index contributed by atoms with van der Waals surface area (Å²) in [5, 5.41) is 11.0. The number of thiazole rings is 1. The number of piperidine rings is 1. The van der Waals surface area contributed by atoms with Gasteiger partial charge in [0, 0.05) is 17.7 Å². The molecular weight excluding hydrogens is 322 g/mol. The third kappa shape index (κ3) is 3.60. The second kappa shape index (κ2) is 7.32. The van der Waals surface area contributed by atoms with Crippen molar-refractivity contribution >= 4 is 17.0 Å². The first-order chi connectivity index (χ1) is 11.9. The van der Waals surface area contributed by atoms with E-state index in [1.807, 2.05) is 30.3 Å². The zero-order valence-corrected chi connectivity index (χ0v) is 14.3. The second-order valence-corrected chi connectivity index (χ2v) is 7.08. The van der Waals surface area contributed by atoms with Crippen molar-refractivity contribution in [3.05, 3.63) is 46.4 Å². The number of hydrogen-bond donors (Lipinski definition) is 1. The van der Waals surface area contributed by atoms with E-state index in [0.29, 0.717) is 12.5 Å². The smallest absolute Gasteiger partial charge is 0.167 e. The van der Waals surface area contributed by atoms with Crippen molar-refractivity contribution in [2.45, 2.75) is 31.3 Å². The summed E-state index contributed by atoms with van der Waals surface area (Å²) in [5.41, 5.74) is 1.91. The van der Waals surface area contributed by atoms with Gasteiger partial charge in [0.1, 0.15) is 18.1 Å². The summed E-state index contributed by atoms with van der Waals surface area (Å²) in [5.74, 6) is 1.45. The molecule has 1 saturated heterocycles. The van der Waals surface area contributed by atoms with Gasteiger partial charge < -0.3 is 14.9 Å². The van der Waals surface area contributed by atoms with Crippen molar-refractivity contribution in [3.8, 4) is 5.75 Å². The van der Waals surface area contributed by atoms with Crippen molar-refractivity contribution in [2.24, 2.45) is 5.16 Å². The molecule has 4 rings (SSSR count). The van der Waals surface area contributed by atoms with E-state index in [1.54, 1.807) is 11.3 Å². The van der Waals surface area contributed by atoms with Crippen molar-refractivity contribution in [1.29, 1.82) is 0 Å². The van der Waals surface area contributed by atoms with Crippen LogP contribution in [-0.4, -0.2) is 36.5 Å². The molecule has 1 fully saturated rings. The number of oxime groups is 1. The Balaban J connectivity index is 1.32. The van der Waals surface area contributed by atoms with Gasteiger partial charge in [-0.3, -0.25) is 0 Å². The van der Waals surface area contributed by atoms with Gasteiger partial charge in [-0.05, 0) is 38.1 Å². The number of nitrogens with zero attached hydrogens (tertiary/aromatic N) is 2. The standard InChI is InChI=1S/C18H21N3O2S/c1-2-4-14(5-3-1)22-11-15-10-16(21-23-15)17-12-24-18(20-17)13-6-8-19-9-7-13/h1-5,12-13,15,19H,6-11H2. The third-order valence-electron chi connectivity index (χ3n) is 4.42. The predicted octanol–water partition coefficient (Wildman–Crippen LogP) is 3.18. The molecule has 0 amide bonds. The fourth-order valence-electron chi connectivity index (χ4n) is 3.05. The maximum atomic E-state index is 5.75. The Morgan fingerprint density at radius 3 is 2.88 bits per heavy atom. The SMILES string of the molecule is c1ccc(OCC2CC(c3csc(C4CCNCC4)n3)=NO2)cc1. The number of para-hydroxylation sites is 1. The molecule has 1 aromatic carbocycles. The number of rotatable bonds is 5. The summed E-state index contributed by atoms with van der Waals surface area (Å²) < 4.78 is 5.75. The van der Waals surface area contributed by atoms with Crippen LogP contribution in [0.2, 0.25) is 0 Å². The fraction of sp³-hybridized carbons (Fsp3) is 0.444. The maximum Gasteiger partial charge on any atom is 0.167 e. The lowest BCUT2D eigenvalue weighted by Crippen LogP contribution is -2.26. The predicted molar refractivity (Wildman–Crippen MR) is 94.9 cm³/mol. The van der Waals surface area contributed by atoms with Crippen LogP contribution in [0, 0.1) is 0 Å². The average molecular weight is 343 g/mol. The summed E-state index contributed by atoms with van der Waals surface area (Å²) in [6, 6.07) is 9.79. The minimum absolute atomic E-state index is 0.0377. The molecule has 126 valence electrons. The molecule has 0 saturated carbocycles. The van der Waals surface area contributed by atoms with E-state index in [-0.39, 0.29) is 6.10 Å². The van der Waals surface area contributed by atoms with Gasteiger partial charge >= 0.3 is 0 Å². The molecule has 1 unspecified atom stereocenters. The van der Waals surface area contributed by atoms with Crippen LogP contribution in [0.25, 0.3) is 0 Å². The Kier molecular flexibility index (Phi) is 4.76. The van der Waals surface area contributed by atoms with Crippen LogP contribution in [0.5, 0.6) is 5.75 Å². The van der Waals surface area contributed by atoms with E-state index < -0.39 is 0 Å². The minimum atomic E-state index is -0.0377. The molecule has 2 aliphatic heterocycles. The summed E-state index contributed by atoms with van der Waals surface area (Å²) in [7, 11) is 0. The van der Waals surface area contributed by atoms with Crippen LogP contribution in [-0.2, 0) is 4.84 Å². The van der Waals surface area contributed by atoms with Gasteiger partial charge in [-0.1, -0.05) is 23.4 Å². The van der Waals surface area contributed by atoms with Gasteiger partial charge in [0.25, 0.3) is 0 Å².